The van der Waals surface area contributed by atoms with Crippen molar-refractivity contribution in [2.75, 3.05) is 25.1 Å². The molecule has 0 saturated carbocycles. The summed E-state index contributed by atoms with van der Waals surface area (Å²) in [6, 6.07) is 21.5. The molecule has 0 fully saturated rings. The highest BCUT2D eigenvalue weighted by Gasteiger charge is 2.24. The Kier molecular flexibility index (Phi) is 8.71. The van der Waals surface area contributed by atoms with Gasteiger partial charge >= 0.3 is 5.97 Å². The number of carbonyl (C=O) groups is 2. The lowest BCUT2D eigenvalue weighted by atomic mass is 10.2. The van der Waals surface area contributed by atoms with Gasteiger partial charge in [0.1, 0.15) is 5.75 Å². The molecule has 3 aromatic rings. The number of benzene rings is 3. The van der Waals surface area contributed by atoms with Crippen LogP contribution in [0, 0.1) is 0 Å². The van der Waals surface area contributed by atoms with E-state index >= 15 is 0 Å². The Labute approximate surface area is 212 Å². The second-order valence-corrected chi connectivity index (χ2v) is 10.3. The molecule has 3 rings (SSSR count). The van der Waals surface area contributed by atoms with Gasteiger partial charge in [-0.25, -0.2) is 13.2 Å². The zero-order valence-corrected chi connectivity index (χ0v) is 21.6. The van der Waals surface area contributed by atoms with Gasteiger partial charge in [0.25, 0.3) is 15.9 Å². The fourth-order valence-electron chi connectivity index (χ4n) is 3.50. The van der Waals surface area contributed by atoms with Crippen molar-refractivity contribution >= 4 is 27.6 Å². The van der Waals surface area contributed by atoms with Crippen molar-refractivity contribution in [2.24, 2.45) is 0 Å². The Bertz CT molecular complexity index is 1290. The molecule has 0 spiro atoms. The summed E-state index contributed by atoms with van der Waals surface area (Å²) in [6.07, 6.45) is 0. The standard InChI is InChI=1S/C27H30N2O6S/c1-20(2)29(18-21-9-6-5-7-10-21)26(30)19-35-27(31)22-11-8-12-25(17-22)36(32,33)28(3)23-13-15-24(34-4)16-14-23/h5-17,20H,18-19H2,1-4H3. The summed E-state index contributed by atoms with van der Waals surface area (Å²) in [6.45, 7) is 3.71. The van der Waals surface area contributed by atoms with Crippen LogP contribution in [0.5, 0.6) is 5.75 Å². The van der Waals surface area contributed by atoms with Gasteiger partial charge in [0.15, 0.2) is 6.61 Å². The third-order valence-electron chi connectivity index (χ3n) is 5.63. The first kappa shape index (κ1) is 26.7. The lowest BCUT2D eigenvalue weighted by molar-refractivity contribution is -0.136. The molecule has 0 aromatic heterocycles. The third-order valence-corrected chi connectivity index (χ3v) is 7.41. The van der Waals surface area contributed by atoms with Crippen molar-refractivity contribution in [2.45, 2.75) is 31.3 Å². The lowest BCUT2D eigenvalue weighted by Crippen LogP contribution is -2.39. The van der Waals surface area contributed by atoms with Gasteiger partial charge in [-0.1, -0.05) is 36.4 Å². The molecule has 0 saturated heterocycles. The molecule has 0 heterocycles. The normalized spacial score (nSPS) is 11.1. The van der Waals surface area contributed by atoms with Crippen molar-refractivity contribution in [1.82, 2.24) is 4.90 Å². The van der Waals surface area contributed by atoms with Crippen LogP contribution in [-0.2, 0) is 26.1 Å². The maximum Gasteiger partial charge on any atom is 0.338 e. The first-order valence-electron chi connectivity index (χ1n) is 11.4. The van der Waals surface area contributed by atoms with Crippen molar-refractivity contribution < 1.29 is 27.5 Å². The zero-order chi connectivity index (χ0) is 26.3. The Morgan fingerprint density at radius 3 is 2.19 bits per heavy atom. The Balaban J connectivity index is 1.70. The number of hydrogen-bond donors (Lipinski definition) is 0. The molecule has 36 heavy (non-hydrogen) atoms. The largest absolute Gasteiger partial charge is 0.497 e. The van der Waals surface area contributed by atoms with Gasteiger partial charge in [-0.05, 0) is 61.9 Å². The fourth-order valence-corrected chi connectivity index (χ4v) is 4.75. The van der Waals surface area contributed by atoms with E-state index in [0.717, 1.165) is 9.87 Å². The Morgan fingerprint density at radius 2 is 1.58 bits per heavy atom. The van der Waals surface area contributed by atoms with Crippen molar-refractivity contribution in [1.29, 1.82) is 0 Å². The number of nitrogens with zero attached hydrogens (tertiary/aromatic N) is 2. The molecule has 9 heteroatoms. The van der Waals surface area contributed by atoms with E-state index in [4.69, 9.17) is 9.47 Å². The highest BCUT2D eigenvalue weighted by Crippen LogP contribution is 2.25. The molecule has 0 N–H and O–H groups in total. The number of esters is 1. The molecule has 0 aliphatic heterocycles. The minimum absolute atomic E-state index is 0.0335. The monoisotopic (exact) mass is 510 g/mol. The second kappa shape index (κ2) is 11.7. The number of rotatable bonds is 10. The van der Waals surface area contributed by atoms with Gasteiger partial charge in [0.2, 0.25) is 0 Å². The van der Waals surface area contributed by atoms with Crippen LogP contribution >= 0.6 is 0 Å². The summed E-state index contributed by atoms with van der Waals surface area (Å²) in [7, 11) is -0.999. The van der Waals surface area contributed by atoms with Crippen LogP contribution in [0.25, 0.3) is 0 Å². The lowest BCUT2D eigenvalue weighted by Gasteiger charge is -2.26. The zero-order valence-electron chi connectivity index (χ0n) is 20.7. The van der Waals surface area contributed by atoms with Crippen LogP contribution < -0.4 is 9.04 Å². The van der Waals surface area contributed by atoms with Gasteiger partial charge in [-0.3, -0.25) is 9.10 Å². The number of amides is 1. The summed E-state index contributed by atoms with van der Waals surface area (Å²) >= 11 is 0. The number of carbonyl (C=O) groups excluding carboxylic acids is 2. The minimum atomic E-state index is -3.95. The third kappa shape index (κ3) is 6.42. The molecule has 0 aliphatic rings. The fraction of sp³-hybridized carbons (Fsp3) is 0.259. The SMILES string of the molecule is COc1ccc(N(C)S(=O)(=O)c2cccc(C(=O)OCC(=O)N(Cc3ccccc3)C(C)C)c2)cc1. The van der Waals surface area contributed by atoms with E-state index in [1.54, 1.807) is 29.2 Å². The summed E-state index contributed by atoms with van der Waals surface area (Å²) in [5.41, 5.74) is 1.43. The first-order valence-corrected chi connectivity index (χ1v) is 12.8. The number of hydrogen-bond acceptors (Lipinski definition) is 6. The van der Waals surface area contributed by atoms with E-state index in [-0.39, 0.29) is 22.4 Å². The van der Waals surface area contributed by atoms with E-state index in [9.17, 15) is 18.0 Å². The predicted molar refractivity (Wildman–Crippen MR) is 137 cm³/mol. The number of anilines is 1. The summed E-state index contributed by atoms with van der Waals surface area (Å²) in [5, 5.41) is 0. The smallest absolute Gasteiger partial charge is 0.338 e. The Hall–Kier alpha value is -3.85. The average molecular weight is 511 g/mol. The maximum absolute atomic E-state index is 13.1. The molecule has 0 bridgehead atoms. The molecule has 0 radical (unpaired) electrons. The second-order valence-electron chi connectivity index (χ2n) is 8.38. The van der Waals surface area contributed by atoms with Crippen LogP contribution in [0.3, 0.4) is 0 Å². The topological polar surface area (TPSA) is 93.2 Å². The average Bonchev–Trinajstić information content (AvgIpc) is 2.90. The van der Waals surface area contributed by atoms with Gasteiger partial charge in [-0.2, -0.15) is 0 Å². The highest BCUT2D eigenvalue weighted by atomic mass is 32.2. The van der Waals surface area contributed by atoms with Gasteiger partial charge in [-0.15, -0.1) is 0 Å². The van der Waals surface area contributed by atoms with Crippen LogP contribution in [-0.4, -0.2) is 52.0 Å². The van der Waals surface area contributed by atoms with Gasteiger partial charge in [0, 0.05) is 19.6 Å². The van der Waals surface area contributed by atoms with Crippen LogP contribution in [0.4, 0.5) is 5.69 Å². The Morgan fingerprint density at radius 1 is 0.917 bits per heavy atom. The van der Waals surface area contributed by atoms with Crippen molar-refractivity contribution in [3.63, 3.8) is 0 Å². The molecule has 8 nitrogen and oxygen atoms in total. The highest BCUT2D eigenvalue weighted by molar-refractivity contribution is 7.92. The molecule has 3 aromatic carbocycles. The number of ether oxygens (including phenoxy) is 2. The van der Waals surface area contributed by atoms with E-state index in [1.165, 1.54) is 38.4 Å². The number of methoxy groups -OCH3 is 1. The summed E-state index contributed by atoms with van der Waals surface area (Å²) in [4.78, 5) is 27.0. The molecule has 0 unspecified atom stereocenters. The summed E-state index contributed by atoms with van der Waals surface area (Å²) in [5.74, 6) is -0.523. The first-order chi connectivity index (χ1) is 17.1. The van der Waals surface area contributed by atoms with Crippen LogP contribution in [0.2, 0.25) is 0 Å². The van der Waals surface area contributed by atoms with E-state index in [0.29, 0.717) is 18.0 Å². The molecular weight excluding hydrogens is 480 g/mol. The van der Waals surface area contributed by atoms with E-state index in [1.807, 2.05) is 44.2 Å². The molecule has 0 aliphatic carbocycles. The van der Waals surface area contributed by atoms with E-state index in [2.05, 4.69) is 0 Å². The summed E-state index contributed by atoms with van der Waals surface area (Å²) < 4.78 is 37.8. The van der Waals surface area contributed by atoms with Crippen molar-refractivity contribution in [3.8, 4) is 5.75 Å². The van der Waals surface area contributed by atoms with Crippen molar-refractivity contribution in [3.05, 3.63) is 90.0 Å². The van der Waals surface area contributed by atoms with Crippen LogP contribution in [0.1, 0.15) is 29.8 Å². The maximum atomic E-state index is 13.1. The minimum Gasteiger partial charge on any atom is -0.497 e. The molecule has 190 valence electrons. The van der Waals surface area contributed by atoms with Gasteiger partial charge in [0.05, 0.1) is 23.3 Å². The number of sulfonamides is 1. The van der Waals surface area contributed by atoms with Gasteiger partial charge < -0.3 is 14.4 Å². The van der Waals surface area contributed by atoms with Crippen LogP contribution in [0.15, 0.2) is 83.8 Å². The molecular formula is C27H30N2O6S. The predicted octanol–water partition coefficient (Wildman–Crippen LogP) is 4.11. The molecule has 0 atom stereocenters. The van der Waals surface area contributed by atoms with E-state index < -0.39 is 22.6 Å². The quantitative estimate of drug-likeness (QED) is 0.381. The molecule has 1 amide bonds.